The predicted octanol–water partition coefficient (Wildman–Crippen LogP) is 3.06. The molecule has 1 aromatic rings. The summed E-state index contributed by atoms with van der Waals surface area (Å²) >= 11 is 0. The first-order chi connectivity index (χ1) is 5.47. The van der Waals surface area contributed by atoms with E-state index in [2.05, 4.69) is 0 Å². The predicted molar refractivity (Wildman–Crippen MR) is 48.8 cm³/mol. The van der Waals surface area contributed by atoms with Gasteiger partial charge in [-0.25, -0.2) is 9.56 Å². The molecule has 0 aliphatic heterocycles. The quantitative estimate of drug-likeness (QED) is 0.713. The molecule has 0 atom stereocenters. The van der Waals surface area contributed by atoms with Crippen LogP contribution in [-0.2, 0) is 15.8 Å². The highest BCUT2D eigenvalue weighted by atomic mass is 32.2. The molecular formula is C8H11FN2S. The highest BCUT2D eigenvalue weighted by molar-refractivity contribution is 7.87. The van der Waals surface area contributed by atoms with E-state index in [1.54, 1.807) is 6.07 Å². The molecule has 0 aliphatic carbocycles. The monoisotopic (exact) mass is 186 g/mol. The second-order valence-corrected chi connectivity index (χ2v) is 4.38. The van der Waals surface area contributed by atoms with Crippen LogP contribution in [0, 0.1) is 16.5 Å². The molecule has 0 spiro atoms. The van der Waals surface area contributed by atoms with Crippen molar-refractivity contribution in [1.29, 1.82) is 9.56 Å². The minimum absolute atomic E-state index is 0.0886. The van der Waals surface area contributed by atoms with Crippen LogP contribution in [0.15, 0.2) is 24.3 Å². The summed E-state index contributed by atoms with van der Waals surface area (Å²) in [4.78, 5) is 0. The van der Waals surface area contributed by atoms with Crippen molar-refractivity contribution in [1.82, 2.24) is 0 Å². The molecule has 0 heterocycles. The van der Waals surface area contributed by atoms with E-state index in [1.807, 2.05) is 25.1 Å². The Morgan fingerprint density at radius 2 is 2.08 bits per heavy atom. The van der Waals surface area contributed by atoms with Crippen LogP contribution in [0.4, 0.5) is 3.89 Å². The van der Waals surface area contributed by atoms with E-state index in [4.69, 9.17) is 9.56 Å². The second kappa shape index (κ2) is 3.23. The van der Waals surface area contributed by atoms with Crippen LogP contribution in [0.3, 0.4) is 0 Å². The van der Waals surface area contributed by atoms with Gasteiger partial charge in [0.15, 0.2) is 0 Å². The van der Waals surface area contributed by atoms with Gasteiger partial charge in [-0.15, -0.1) is 3.89 Å². The Morgan fingerprint density at radius 3 is 2.58 bits per heavy atom. The number of nitrogens with one attached hydrogen (secondary N) is 2. The van der Waals surface area contributed by atoms with Crippen molar-refractivity contribution in [2.24, 2.45) is 0 Å². The summed E-state index contributed by atoms with van der Waals surface area (Å²) < 4.78 is 26.3. The van der Waals surface area contributed by atoms with E-state index in [1.165, 1.54) is 0 Å². The fraction of sp³-hybridized carbons (Fsp3) is 0.250. The van der Waals surface area contributed by atoms with E-state index >= 15 is 0 Å². The molecule has 0 radical (unpaired) electrons. The molecule has 12 heavy (non-hydrogen) atoms. The van der Waals surface area contributed by atoms with Crippen molar-refractivity contribution in [2.75, 3.05) is 0 Å². The van der Waals surface area contributed by atoms with E-state index in [0.717, 1.165) is 11.1 Å². The molecule has 1 rings (SSSR count). The zero-order valence-electron chi connectivity index (χ0n) is 6.80. The molecular weight excluding hydrogens is 175 g/mol. The summed E-state index contributed by atoms with van der Waals surface area (Å²) in [5.41, 5.74) is 1.77. The van der Waals surface area contributed by atoms with Gasteiger partial charge < -0.3 is 0 Å². The van der Waals surface area contributed by atoms with E-state index in [0.29, 0.717) is 0 Å². The maximum absolute atomic E-state index is 12.6. The minimum Gasteiger partial charge on any atom is -0.243 e. The van der Waals surface area contributed by atoms with Gasteiger partial charge in [0.05, 0.1) is 15.8 Å². The van der Waals surface area contributed by atoms with Gasteiger partial charge >= 0.3 is 0 Å². The smallest absolute Gasteiger partial charge is 0.0951 e. The molecule has 0 saturated carbocycles. The Morgan fingerprint density at radius 1 is 1.42 bits per heavy atom. The fourth-order valence-corrected chi connectivity index (χ4v) is 1.67. The minimum atomic E-state index is -3.39. The summed E-state index contributed by atoms with van der Waals surface area (Å²) in [6, 6.07) is 7.28. The first-order valence-electron chi connectivity index (χ1n) is 3.53. The van der Waals surface area contributed by atoms with Gasteiger partial charge in [0.25, 0.3) is 0 Å². The van der Waals surface area contributed by atoms with Crippen LogP contribution in [0.25, 0.3) is 0 Å². The number of halogens is 1. The van der Waals surface area contributed by atoms with E-state index in [9.17, 15) is 3.89 Å². The third-order valence-corrected chi connectivity index (χ3v) is 2.18. The highest BCUT2D eigenvalue weighted by Crippen LogP contribution is 2.10. The van der Waals surface area contributed by atoms with Gasteiger partial charge in [0, 0.05) is 0 Å². The molecule has 2 N–H and O–H groups in total. The molecule has 0 fully saturated rings. The Balaban J connectivity index is 2.91. The topological polar surface area (TPSA) is 47.7 Å². The lowest BCUT2D eigenvalue weighted by Crippen LogP contribution is -1.92. The van der Waals surface area contributed by atoms with Gasteiger partial charge in [-0.2, -0.15) is 0 Å². The maximum atomic E-state index is 12.6. The fourth-order valence-electron chi connectivity index (χ4n) is 1.03. The highest BCUT2D eigenvalue weighted by Gasteiger charge is 2.00. The van der Waals surface area contributed by atoms with Crippen molar-refractivity contribution < 1.29 is 3.89 Å². The van der Waals surface area contributed by atoms with Gasteiger partial charge in [-0.1, -0.05) is 29.8 Å². The van der Waals surface area contributed by atoms with Crippen LogP contribution in [0.2, 0.25) is 0 Å². The normalized spacial score (nSPS) is 11.5. The number of benzene rings is 1. The molecule has 4 heteroatoms. The van der Waals surface area contributed by atoms with Crippen molar-refractivity contribution in [3.05, 3.63) is 35.4 Å². The number of hydrogen-bond acceptors (Lipinski definition) is 2. The van der Waals surface area contributed by atoms with Crippen LogP contribution < -0.4 is 0 Å². The number of rotatable bonds is 2. The summed E-state index contributed by atoms with van der Waals surface area (Å²) in [6.07, 6.45) is 0. The third kappa shape index (κ3) is 3.00. The Labute approximate surface area is 72.1 Å². The number of hydrogen-bond donors (Lipinski definition) is 2. The van der Waals surface area contributed by atoms with Crippen LogP contribution in [0.5, 0.6) is 0 Å². The Hall–Kier alpha value is -0.900. The Bertz CT molecular complexity index is 370. The first kappa shape index (κ1) is 9.19. The summed E-state index contributed by atoms with van der Waals surface area (Å²) in [6.45, 7) is 1.91. The lowest BCUT2D eigenvalue weighted by atomic mass is 10.2. The third-order valence-electron chi connectivity index (χ3n) is 1.45. The molecule has 0 amide bonds. The molecule has 0 unspecified atom stereocenters. The molecule has 2 nitrogen and oxygen atoms in total. The molecule has 0 aromatic heterocycles. The van der Waals surface area contributed by atoms with Gasteiger partial charge in [0.1, 0.15) is 0 Å². The summed E-state index contributed by atoms with van der Waals surface area (Å²) in [7, 11) is -3.39. The zero-order valence-corrected chi connectivity index (χ0v) is 7.62. The Kier molecular flexibility index (Phi) is 2.47. The summed E-state index contributed by atoms with van der Waals surface area (Å²) in [5.74, 6) is -0.0886. The SMILES string of the molecule is Cc1cccc(CS(=N)(=N)F)c1. The van der Waals surface area contributed by atoms with Gasteiger partial charge in [-0.3, -0.25) is 0 Å². The molecule has 1 aromatic carbocycles. The maximum Gasteiger partial charge on any atom is 0.0951 e. The number of aryl methyl sites for hydroxylation is 1. The average molecular weight is 186 g/mol. The van der Waals surface area contributed by atoms with Crippen molar-refractivity contribution in [3.63, 3.8) is 0 Å². The van der Waals surface area contributed by atoms with E-state index in [-0.39, 0.29) is 5.75 Å². The molecule has 0 aliphatic rings. The van der Waals surface area contributed by atoms with Crippen LogP contribution in [0.1, 0.15) is 11.1 Å². The van der Waals surface area contributed by atoms with Crippen molar-refractivity contribution in [2.45, 2.75) is 12.7 Å². The average Bonchev–Trinajstić information content (AvgIpc) is 1.82. The standard InChI is InChI=1S/C8H11FN2S/c1-7-3-2-4-8(5-7)6-12(9,10)11/h2-5,10-11H,6H2,1H3. The van der Waals surface area contributed by atoms with Crippen LogP contribution in [-0.4, -0.2) is 0 Å². The zero-order chi connectivity index (χ0) is 9.19. The first-order valence-corrected chi connectivity index (χ1v) is 5.23. The van der Waals surface area contributed by atoms with Crippen LogP contribution >= 0.6 is 0 Å². The lowest BCUT2D eigenvalue weighted by Gasteiger charge is -2.01. The van der Waals surface area contributed by atoms with Gasteiger partial charge in [0.2, 0.25) is 0 Å². The summed E-state index contributed by atoms with van der Waals surface area (Å²) in [5, 5.41) is 0. The largest absolute Gasteiger partial charge is 0.243 e. The second-order valence-electron chi connectivity index (χ2n) is 2.79. The van der Waals surface area contributed by atoms with Crippen molar-refractivity contribution >= 4 is 10.0 Å². The van der Waals surface area contributed by atoms with E-state index < -0.39 is 10.0 Å². The molecule has 66 valence electrons. The lowest BCUT2D eigenvalue weighted by molar-refractivity contribution is 0.883. The van der Waals surface area contributed by atoms with Gasteiger partial charge in [-0.05, 0) is 12.5 Å². The van der Waals surface area contributed by atoms with Crippen molar-refractivity contribution in [3.8, 4) is 0 Å². The molecule has 0 saturated heterocycles. The molecule has 0 bridgehead atoms.